The Morgan fingerprint density at radius 1 is 1.28 bits per heavy atom. The molecule has 0 saturated carbocycles. The van der Waals surface area contributed by atoms with Gasteiger partial charge in [-0.15, -0.1) is 0 Å². The SMILES string of the molecule is C[SiH](C)OC1Oc2cc(C(C)(C)C)ccc2C1=O. The Hall–Kier alpha value is -1.13. The van der Waals surface area contributed by atoms with Crippen LogP contribution in [0.15, 0.2) is 18.2 Å². The van der Waals surface area contributed by atoms with Crippen molar-refractivity contribution < 1.29 is 14.0 Å². The molecule has 0 aromatic heterocycles. The Kier molecular flexibility index (Phi) is 3.34. The quantitative estimate of drug-likeness (QED) is 0.771. The standard InChI is InChI=1S/C14H20O3Si/c1-14(2,3)9-6-7-10-11(8-9)16-13(12(10)15)17-18(4)5/h6-8,13,18H,1-5H3. The van der Waals surface area contributed by atoms with E-state index in [0.717, 1.165) is 5.56 Å². The van der Waals surface area contributed by atoms with Gasteiger partial charge in [-0.1, -0.05) is 26.8 Å². The smallest absolute Gasteiger partial charge is 0.255 e. The van der Waals surface area contributed by atoms with Gasteiger partial charge in [0.2, 0.25) is 5.78 Å². The molecule has 1 heterocycles. The van der Waals surface area contributed by atoms with Crippen molar-refractivity contribution in [3.63, 3.8) is 0 Å². The van der Waals surface area contributed by atoms with E-state index in [1.807, 2.05) is 31.3 Å². The van der Waals surface area contributed by atoms with Gasteiger partial charge in [0, 0.05) is 0 Å². The summed E-state index contributed by atoms with van der Waals surface area (Å²) in [6, 6.07) is 5.80. The van der Waals surface area contributed by atoms with Gasteiger partial charge in [0.1, 0.15) is 5.75 Å². The molecule has 1 aliphatic rings. The van der Waals surface area contributed by atoms with Crippen LogP contribution < -0.4 is 4.74 Å². The van der Waals surface area contributed by atoms with E-state index in [1.165, 1.54) is 0 Å². The molecule has 18 heavy (non-hydrogen) atoms. The molecule has 4 heteroatoms. The number of carbonyl (C=O) groups is 1. The van der Waals surface area contributed by atoms with E-state index in [1.54, 1.807) is 0 Å². The first-order valence-corrected chi connectivity index (χ1v) is 9.08. The van der Waals surface area contributed by atoms with Crippen molar-refractivity contribution >= 4 is 14.8 Å². The zero-order valence-electron chi connectivity index (χ0n) is 11.6. The van der Waals surface area contributed by atoms with Gasteiger partial charge in [-0.25, -0.2) is 0 Å². The number of carbonyl (C=O) groups excluding carboxylic acids is 1. The highest BCUT2D eigenvalue weighted by Crippen LogP contribution is 2.34. The molecule has 0 saturated heterocycles. The number of ketones is 1. The third-order valence-corrected chi connectivity index (χ3v) is 3.75. The lowest BCUT2D eigenvalue weighted by Crippen LogP contribution is -2.29. The van der Waals surface area contributed by atoms with Crippen LogP contribution in [0.5, 0.6) is 5.75 Å². The average Bonchev–Trinajstić information content (AvgIpc) is 2.53. The molecule has 0 N–H and O–H groups in total. The van der Waals surface area contributed by atoms with E-state index in [0.29, 0.717) is 11.3 Å². The topological polar surface area (TPSA) is 35.5 Å². The summed E-state index contributed by atoms with van der Waals surface area (Å²) in [5.74, 6) is 0.610. The Balaban J connectivity index is 2.29. The summed E-state index contributed by atoms with van der Waals surface area (Å²) in [7, 11) is -1.28. The first kappa shape index (κ1) is 13.3. The van der Waals surface area contributed by atoms with E-state index in [9.17, 15) is 4.79 Å². The van der Waals surface area contributed by atoms with Gasteiger partial charge in [0.25, 0.3) is 6.29 Å². The van der Waals surface area contributed by atoms with E-state index in [4.69, 9.17) is 9.16 Å². The number of rotatable bonds is 2. The van der Waals surface area contributed by atoms with Crippen LogP contribution in [-0.2, 0) is 9.84 Å². The number of fused-ring (bicyclic) bond motifs is 1. The Morgan fingerprint density at radius 2 is 1.94 bits per heavy atom. The van der Waals surface area contributed by atoms with E-state index in [2.05, 4.69) is 20.8 Å². The third kappa shape index (κ3) is 2.49. The van der Waals surface area contributed by atoms with Gasteiger partial charge in [-0.05, 0) is 36.2 Å². The third-order valence-electron chi connectivity index (χ3n) is 2.96. The Morgan fingerprint density at radius 3 is 2.50 bits per heavy atom. The molecule has 2 rings (SSSR count). The van der Waals surface area contributed by atoms with E-state index >= 15 is 0 Å². The lowest BCUT2D eigenvalue weighted by molar-refractivity contribution is 0.0232. The number of benzene rings is 1. The summed E-state index contributed by atoms with van der Waals surface area (Å²) in [6.45, 7) is 10.5. The fourth-order valence-electron chi connectivity index (χ4n) is 1.92. The molecule has 0 bridgehead atoms. The molecule has 3 nitrogen and oxygen atoms in total. The zero-order chi connectivity index (χ0) is 13.5. The summed E-state index contributed by atoms with van der Waals surface area (Å²) in [5.41, 5.74) is 1.85. The second-order valence-electron chi connectivity index (χ2n) is 5.96. The summed E-state index contributed by atoms with van der Waals surface area (Å²) in [5, 5.41) is 0. The highest BCUT2D eigenvalue weighted by molar-refractivity contribution is 6.48. The first-order valence-electron chi connectivity index (χ1n) is 6.30. The van der Waals surface area contributed by atoms with Gasteiger partial charge in [-0.3, -0.25) is 4.79 Å². The van der Waals surface area contributed by atoms with Crippen LogP contribution >= 0.6 is 0 Å². The molecule has 1 aliphatic heterocycles. The maximum absolute atomic E-state index is 12.1. The van der Waals surface area contributed by atoms with Gasteiger partial charge >= 0.3 is 0 Å². The zero-order valence-corrected chi connectivity index (χ0v) is 12.8. The van der Waals surface area contributed by atoms with Gasteiger partial charge in [0.15, 0.2) is 9.04 Å². The van der Waals surface area contributed by atoms with Crippen LogP contribution in [0.25, 0.3) is 0 Å². The lowest BCUT2D eigenvalue weighted by atomic mass is 9.86. The molecule has 0 radical (unpaired) electrons. The molecule has 0 aliphatic carbocycles. The number of Topliss-reactive ketones (excluding diaryl/α,β-unsaturated/α-hetero) is 1. The highest BCUT2D eigenvalue weighted by Gasteiger charge is 2.34. The van der Waals surface area contributed by atoms with Crippen molar-refractivity contribution in [3.8, 4) is 5.75 Å². The van der Waals surface area contributed by atoms with Crippen molar-refractivity contribution in [2.24, 2.45) is 0 Å². The monoisotopic (exact) mass is 264 g/mol. The van der Waals surface area contributed by atoms with Crippen LogP contribution in [0.4, 0.5) is 0 Å². The molecular weight excluding hydrogens is 244 g/mol. The van der Waals surface area contributed by atoms with Crippen LogP contribution in [0, 0.1) is 0 Å². The second kappa shape index (κ2) is 4.52. The fourth-order valence-corrected chi connectivity index (χ4v) is 2.60. The van der Waals surface area contributed by atoms with Crippen molar-refractivity contribution in [1.82, 2.24) is 0 Å². The summed E-state index contributed by atoms with van der Waals surface area (Å²) in [6.07, 6.45) is -0.720. The van der Waals surface area contributed by atoms with E-state index in [-0.39, 0.29) is 11.2 Å². The molecule has 1 aromatic rings. The van der Waals surface area contributed by atoms with Crippen LogP contribution in [0.3, 0.4) is 0 Å². The summed E-state index contributed by atoms with van der Waals surface area (Å²) >= 11 is 0. The molecule has 0 fully saturated rings. The normalized spacial score (nSPS) is 19.0. The largest absolute Gasteiger partial charge is 0.457 e. The van der Waals surface area contributed by atoms with Crippen LogP contribution in [0.1, 0.15) is 36.7 Å². The van der Waals surface area contributed by atoms with Gasteiger partial charge in [-0.2, -0.15) is 0 Å². The maximum atomic E-state index is 12.1. The minimum Gasteiger partial charge on any atom is -0.457 e. The molecule has 0 spiro atoms. The predicted octanol–water partition coefficient (Wildman–Crippen LogP) is 2.89. The summed E-state index contributed by atoms with van der Waals surface area (Å²) in [4.78, 5) is 12.1. The molecular formula is C14H20O3Si. The fraction of sp³-hybridized carbons (Fsp3) is 0.500. The van der Waals surface area contributed by atoms with Crippen LogP contribution in [0.2, 0.25) is 13.1 Å². The summed E-state index contributed by atoms with van der Waals surface area (Å²) < 4.78 is 11.2. The maximum Gasteiger partial charge on any atom is 0.255 e. The molecule has 1 atom stereocenters. The van der Waals surface area contributed by atoms with Crippen LogP contribution in [-0.4, -0.2) is 21.1 Å². The average molecular weight is 264 g/mol. The molecule has 1 unspecified atom stereocenters. The number of hydrogen-bond acceptors (Lipinski definition) is 3. The van der Waals surface area contributed by atoms with Crippen molar-refractivity contribution in [2.45, 2.75) is 45.6 Å². The predicted molar refractivity (Wildman–Crippen MR) is 73.9 cm³/mol. The lowest BCUT2D eigenvalue weighted by Gasteiger charge is -2.19. The Bertz CT molecular complexity index is 474. The minimum atomic E-state index is -1.28. The highest BCUT2D eigenvalue weighted by atomic mass is 28.3. The molecule has 1 aromatic carbocycles. The van der Waals surface area contributed by atoms with Crippen molar-refractivity contribution in [3.05, 3.63) is 29.3 Å². The molecule has 98 valence electrons. The first-order chi connectivity index (χ1) is 8.29. The number of hydrogen-bond donors (Lipinski definition) is 0. The van der Waals surface area contributed by atoms with Gasteiger partial charge in [0.05, 0.1) is 5.56 Å². The van der Waals surface area contributed by atoms with Crippen molar-refractivity contribution in [1.29, 1.82) is 0 Å². The van der Waals surface area contributed by atoms with Gasteiger partial charge < -0.3 is 9.16 Å². The molecule has 0 amide bonds. The van der Waals surface area contributed by atoms with E-state index < -0.39 is 15.3 Å². The minimum absolute atomic E-state index is 0.0488. The second-order valence-corrected chi connectivity index (χ2v) is 8.33. The van der Waals surface area contributed by atoms with Crippen molar-refractivity contribution in [2.75, 3.05) is 0 Å². The number of ether oxygens (including phenoxy) is 1. The Labute approximate surface area is 110 Å².